The first-order chi connectivity index (χ1) is 6.77. The number of hydrogen-bond acceptors (Lipinski definition) is 2. The van der Waals surface area contributed by atoms with Gasteiger partial charge in [0.05, 0.1) is 0 Å². The number of nitrogens with one attached hydrogen (secondary N) is 1. The third-order valence-corrected chi connectivity index (χ3v) is 3.72. The van der Waals surface area contributed by atoms with Crippen molar-refractivity contribution < 1.29 is 4.39 Å². The van der Waals surface area contributed by atoms with Crippen LogP contribution in [0.4, 0.5) is 10.1 Å². The van der Waals surface area contributed by atoms with Crippen molar-refractivity contribution >= 4 is 17.4 Å². The molecule has 0 spiro atoms. The number of anilines is 1. The molecule has 0 bridgehead atoms. The van der Waals surface area contributed by atoms with Crippen molar-refractivity contribution in [2.75, 3.05) is 16.8 Å². The summed E-state index contributed by atoms with van der Waals surface area (Å²) < 4.78 is 13.2. The molecule has 14 heavy (non-hydrogen) atoms. The van der Waals surface area contributed by atoms with Crippen molar-refractivity contribution in [3.8, 4) is 0 Å². The van der Waals surface area contributed by atoms with Crippen molar-refractivity contribution in [2.45, 2.75) is 19.4 Å². The minimum atomic E-state index is -0.124. The van der Waals surface area contributed by atoms with Gasteiger partial charge in [0.2, 0.25) is 0 Å². The molecule has 1 aromatic carbocycles. The number of hydrogen-bond donors (Lipinski definition) is 1. The van der Waals surface area contributed by atoms with Crippen LogP contribution < -0.4 is 5.32 Å². The standard InChI is InChI=1S/C11H14FNS/c1-8-10(12)3-2-4-11(8)13-9-5-6-14-7-9/h2-4,9,13H,5-7H2,1H3/t9-/m1/s1. The quantitative estimate of drug-likeness (QED) is 0.807. The monoisotopic (exact) mass is 211 g/mol. The Hall–Kier alpha value is -0.700. The molecule has 1 atom stereocenters. The molecule has 1 heterocycles. The number of thioether (sulfide) groups is 1. The van der Waals surface area contributed by atoms with E-state index in [1.807, 2.05) is 24.8 Å². The van der Waals surface area contributed by atoms with E-state index in [1.54, 1.807) is 6.07 Å². The van der Waals surface area contributed by atoms with Crippen LogP contribution >= 0.6 is 11.8 Å². The lowest BCUT2D eigenvalue weighted by Crippen LogP contribution is -2.18. The first-order valence-corrected chi connectivity index (χ1v) is 6.02. The summed E-state index contributed by atoms with van der Waals surface area (Å²) in [5, 5.41) is 3.39. The Balaban J connectivity index is 2.11. The van der Waals surface area contributed by atoms with Crippen LogP contribution in [0.25, 0.3) is 0 Å². The summed E-state index contributed by atoms with van der Waals surface area (Å²) in [5.74, 6) is 2.22. The minimum absolute atomic E-state index is 0.124. The van der Waals surface area contributed by atoms with E-state index < -0.39 is 0 Å². The van der Waals surface area contributed by atoms with E-state index in [-0.39, 0.29) is 5.82 Å². The summed E-state index contributed by atoms with van der Waals surface area (Å²) in [6.45, 7) is 1.82. The van der Waals surface area contributed by atoms with Gasteiger partial charge in [0, 0.05) is 23.0 Å². The Morgan fingerprint density at radius 3 is 3.07 bits per heavy atom. The first-order valence-electron chi connectivity index (χ1n) is 4.87. The van der Waals surface area contributed by atoms with E-state index in [9.17, 15) is 4.39 Å². The van der Waals surface area contributed by atoms with Gasteiger partial charge < -0.3 is 5.32 Å². The second kappa shape index (κ2) is 4.22. The third kappa shape index (κ3) is 2.03. The van der Waals surface area contributed by atoms with E-state index >= 15 is 0 Å². The molecular formula is C11H14FNS. The Morgan fingerprint density at radius 2 is 2.36 bits per heavy atom. The van der Waals surface area contributed by atoms with Crippen LogP contribution in [-0.2, 0) is 0 Å². The predicted octanol–water partition coefficient (Wildman–Crippen LogP) is 3.05. The maximum absolute atomic E-state index is 13.2. The van der Waals surface area contributed by atoms with Gasteiger partial charge in [-0.3, -0.25) is 0 Å². The van der Waals surface area contributed by atoms with Gasteiger partial charge in [0.15, 0.2) is 0 Å². The fraction of sp³-hybridized carbons (Fsp3) is 0.455. The summed E-state index contributed by atoms with van der Waals surface area (Å²) in [5.41, 5.74) is 1.67. The second-order valence-corrected chi connectivity index (χ2v) is 4.77. The molecule has 0 aliphatic carbocycles. The summed E-state index contributed by atoms with van der Waals surface area (Å²) in [6, 6.07) is 5.72. The number of halogens is 1. The SMILES string of the molecule is Cc1c(F)cccc1N[C@@H]1CCSC1. The smallest absolute Gasteiger partial charge is 0.128 e. The second-order valence-electron chi connectivity index (χ2n) is 3.62. The maximum atomic E-state index is 13.2. The van der Waals surface area contributed by atoms with Gasteiger partial charge in [0.1, 0.15) is 5.82 Å². The van der Waals surface area contributed by atoms with Gasteiger partial charge in [-0.25, -0.2) is 4.39 Å². The molecule has 1 aliphatic heterocycles. The van der Waals surface area contributed by atoms with Gasteiger partial charge in [-0.15, -0.1) is 0 Å². The van der Waals surface area contributed by atoms with Crippen molar-refractivity contribution in [3.05, 3.63) is 29.6 Å². The highest BCUT2D eigenvalue weighted by Gasteiger charge is 2.16. The molecular weight excluding hydrogens is 197 g/mol. The summed E-state index contributed by atoms with van der Waals surface area (Å²) in [6.07, 6.45) is 1.18. The van der Waals surface area contributed by atoms with Crippen LogP contribution in [0, 0.1) is 12.7 Å². The third-order valence-electron chi connectivity index (χ3n) is 2.56. The molecule has 0 amide bonds. The van der Waals surface area contributed by atoms with Crippen LogP contribution in [0.1, 0.15) is 12.0 Å². The van der Waals surface area contributed by atoms with Crippen molar-refractivity contribution in [1.82, 2.24) is 0 Å². The predicted molar refractivity (Wildman–Crippen MR) is 60.5 cm³/mol. The molecule has 0 radical (unpaired) electrons. The molecule has 2 rings (SSSR count). The summed E-state index contributed by atoms with van der Waals surface area (Å²) in [7, 11) is 0. The average Bonchev–Trinajstić information content (AvgIpc) is 2.66. The van der Waals surface area contributed by atoms with Crippen LogP contribution in [-0.4, -0.2) is 17.5 Å². The van der Waals surface area contributed by atoms with Crippen molar-refractivity contribution in [2.24, 2.45) is 0 Å². The molecule has 1 N–H and O–H groups in total. The first kappa shape index (κ1) is 9.84. The fourth-order valence-corrected chi connectivity index (χ4v) is 2.78. The molecule has 1 nitrogen and oxygen atoms in total. The lowest BCUT2D eigenvalue weighted by molar-refractivity contribution is 0.618. The van der Waals surface area contributed by atoms with Crippen LogP contribution in [0.3, 0.4) is 0 Å². The Kier molecular flexibility index (Phi) is 2.96. The molecule has 0 saturated carbocycles. The van der Waals surface area contributed by atoms with Crippen LogP contribution in [0.2, 0.25) is 0 Å². The van der Waals surface area contributed by atoms with Crippen molar-refractivity contribution in [3.63, 3.8) is 0 Å². The lowest BCUT2D eigenvalue weighted by Gasteiger charge is -2.15. The number of benzene rings is 1. The van der Waals surface area contributed by atoms with Gasteiger partial charge in [-0.2, -0.15) is 11.8 Å². The molecule has 0 aromatic heterocycles. The van der Waals surface area contributed by atoms with E-state index in [2.05, 4.69) is 5.32 Å². The van der Waals surface area contributed by atoms with Gasteiger partial charge in [0.25, 0.3) is 0 Å². The average molecular weight is 211 g/mol. The van der Waals surface area contributed by atoms with Gasteiger partial charge in [-0.05, 0) is 31.2 Å². The molecule has 0 unspecified atom stereocenters. The fourth-order valence-electron chi connectivity index (χ4n) is 1.63. The zero-order valence-corrected chi connectivity index (χ0v) is 9.03. The van der Waals surface area contributed by atoms with E-state index in [4.69, 9.17) is 0 Å². The minimum Gasteiger partial charge on any atom is -0.381 e. The Morgan fingerprint density at radius 1 is 1.50 bits per heavy atom. The Labute approximate surface area is 88.1 Å². The van der Waals surface area contributed by atoms with E-state index in [1.165, 1.54) is 18.2 Å². The zero-order valence-electron chi connectivity index (χ0n) is 8.22. The van der Waals surface area contributed by atoms with Crippen molar-refractivity contribution in [1.29, 1.82) is 0 Å². The molecule has 1 fully saturated rings. The Bertz CT molecular complexity index is 321. The van der Waals surface area contributed by atoms with Crippen LogP contribution in [0.5, 0.6) is 0 Å². The molecule has 1 aliphatic rings. The number of rotatable bonds is 2. The maximum Gasteiger partial charge on any atom is 0.128 e. The van der Waals surface area contributed by atoms with E-state index in [0.717, 1.165) is 17.0 Å². The van der Waals surface area contributed by atoms with Gasteiger partial charge in [-0.1, -0.05) is 6.07 Å². The topological polar surface area (TPSA) is 12.0 Å². The largest absolute Gasteiger partial charge is 0.381 e. The zero-order chi connectivity index (χ0) is 9.97. The molecule has 76 valence electrons. The van der Waals surface area contributed by atoms with Crippen LogP contribution in [0.15, 0.2) is 18.2 Å². The normalized spacial score (nSPS) is 21.1. The highest BCUT2D eigenvalue weighted by molar-refractivity contribution is 7.99. The highest BCUT2D eigenvalue weighted by Crippen LogP contribution is 2.24. The molecule has 3 heteroatoms. The summed E-state index contributed by atoms with van der Waals surface area (Å²) >= 11 is 1.96. The van der Waals surface area contributed by atoms with Gasteiger partial charge >= 0.3 is 0 Å². The molecule has 1 saturated heterocycles. The highest BCUT2D eigenvalue weighted by atomic mass is 32.2. The van der Waals surface area contributed by atoms with E-state index in [0.29, 0.717) is 6.04 Å². The molecule has 1 aromatic rings. The summed E-state index contributed by atoms with van der Waals surface area (Å²) in [4.78, 5) is 0. The lowest BCUT2D eigenvalue weighted by atomic mass is 10.1.